The van der Waals surface area contributed by atoms with Crippen molar-refractivity contribution in [1.82, 2.24) is 18.9 Å². The molecule has 0 unspecified atom stereocenters. The van der Waals surface area contributed by atoms with E-state index < -0.39 is 0 Å². The predicted molar refractivity (Wildman–Crippen MR) is 237 cm³/mol. The maximum Gasteiger partial charge on any atom is 1.00 e. The molecular weight excluding hydrogens is 772 g/mol. The number of aromatic amines is 1. The molecule has 0 spiro atoms. The van der Waals surface area contributed by atoms with Crippen molar-refractivity contribution in [2.75, 3.05) is 38.0 Å². The molecule has 0 amide bonds. The maximum atomic E-state index is 5.41. The van der Waals surface area contributed by atoms with Crippen molar-refractivity contribution in [1.29, 1.82) is 0 Å². The van der Waals surface area contributed by atoms with Gasteiger partial charge in [0.25, 0.3) is 0 Å². The van der Waals surface area contributed by atoms with Crippen LogP contribution in [0, 0.1) is 0 Å². The van der Waals surface area contributed by atoms with Gasteiger partial charge in [0.2, 0.25) is 0 Å². The monoisotopic (exact) mass is 818 g/mol. The first-order chi connectivity index (χ1) is 26.9. The SMILES string of the molecule is C.C.CN(C)c1ccc(-c2cnc3[nH]cc(-c4ccoc4)c3c2)cc1.CN(C)c1ccc(-c2cnc3c(c2)c(-c2ccoc2)cn3SOOc2ccccc2)cc1.[Na+].[OH-]. The molecule has 0 aliphatic rings. The van der Waals surface area contributed by atoms with Gasteiger partial charge in [0.1, 0.15) is 5.65 Å². The number of rotatable bonds is 10. The minimum absolute atomic E-state index is 0. The van der Waals surface area contributed by atoms with E-state index in [1.54, 1.807) is 25.1 Å². The summed E-state index contributed by atoms with van der Waals surface area (Å²) in [5.41, 5.74) is 12.5. The molecule has 59 heavy (non-hydrogen) atoms. The zero-order valence-corrected chi connectivity index (χ0v) is 35.0. The number of fused-ring (bicyclic) bond motifs is 2. The van der Waals surface area contributed by atoms with Crippen LogP contribution in [0.4, 0.5) is 11.4 Å². The van der Waals surface area contributed by atoms with Crippen molar-refractivity contribution in [2.45, 2.75) is 14.9 Å². The second-order valence-electron chi connectivity index (χ2n) is 13.2. The Morgan fingerprint density at radius 1 is 0.627 bits per heavy atom. The number of pyridine rings is 2. The molecule has 0 fully saturated rings. The first-order valence-corrected chi connectivity index (χ1v) is 18.3. The van der Waals surface area contributed by atoms with Crippen LogP contribution >= 0.6 is 12.2 Å². The Balaban J connectivity index is 0.000000255. The number of hydrogen-bond donors (Lipinski definition) is 1. The van der Waals surface area contributed by atoms with Gasteiger partial charge < -0.3 is 34.0 Å². The van der Waals surface area contributed by atoms with Gasteiger partial charge >= 0.3 is 29.6 Å². The maximum absolute atomic E-state index is 5.41. The summed E-state index contributed by atoms with van der Waals surface area (Å²) < 4.78 is 17.8. The van der Waals surface area contributed by atoms with Crippen LogP contribution in [0.1, 0.15) is 14.9 Å². The molecule has 13 heteroatoms. The fourth-order valence-corrected chi connectivity index (χ4v) is 6.77. The average Bonchev–Trinajstić information content (AvgIpc) is 4.06. The Morgan fingerprint density at radius 2 is 1.17 bits per heavy atom. The van der Waals surface area contributed by atoms with Gasteiger partial charge in [0, 0.05) is 109 Å². The zero-order chi connectivity index (χ0) is 37.7. The van der Waals surface area contributed by atoms with E-state index in [9.17, 15) is 0 Å². The van der Waals surface area contributed by atoms with Gasteiger partial charge in [-0.1, -0.05) is 61.7 Å². The van der Waals surface area contributed by atoms with Crippen LogP contribution in [-0.4, -0.2) is 52.6 Å². The first-order valence-electron chi connectivity index (χ1n) is 17.6. The van der Waals surface area contributed by atoms with Crippen molar-refractivity contribution in [3.8, 4) is 50.3 Å². The number of nitrogens with zero attached hydrogens (tertiary/aromatic N) is 5. The minimum atomic E-state index is 0. The number of benzene rings is 3. The summed E-state index contributed by atoms with van der Waals surface area (Å²) in [6.07, 6.45) is 14.6. The Morgan fingerprint density at radius 3 is 1.71 bits per heavy atom. The summed E-state index contributed by atoms with van der Waals surface area (Å²) in [5.74, 6) is 0.628. The number of aromatic nitrogens is 4. The normalized spacial score (nSPS) is 10.3. The molecule has 6 aromatic heterocycles. The van der Waals surface area contributed by atoms with E-state index in [-0.39, 0.29) is 49.9 Å². The van der Waals surface area contributed by atoms with Gasteiger partial charge in [0.05, 0.1) is 25.1 Å². The van der Waals surface area contributed by atoms with Gasteiger partial charge in [0.15, 0.2) is 23.6 Å². The predicted octanol–water partition coefficient (Wildman–Crippen LogP) is 9.11. The molecule has 11 nitrogen and oxygen atoms in total. The molecule has 3 aromatic carbocycles. The van der Waals surface area contributed by atoms with Gasteiger partial charge in [-0.15, -0.1) is 0 Å². The van der Waals surface area contributed by atoms with E-state index in [2.05, 4.69) is 80.4 Å². The summed E-state index contributed by atoms with van der Waals surface area (Å²) in [7, 11) is 8.15. The largest absolute Gasteiger partial charge is 1.00 e. The molecule has 2 N–H and O–H groups in total. The van der Waals surface area contributed by atoms with Crippen molar-refractivity contribution in [3.63, 3.8) is 0 Å². The summed E-state index contributed by atoms with van der Waals surface area (Å²) in [5, 5.41) is 2.09. The van der Waals surface area contributed by atoms with Crippen LogP contribution in [0.5, 0.6) is 5.75 Å². The van der Waals surface area contributed by atoms with Crippen molar-refractivity contribution in [2.24, 2.45) is 0 Å². The molecular formula is C46H47N6NaO5S. The second-order valence-corrected chi connectivity index (χ2v) is 13.9. The van der Waals surface area contributed by atoms with Gasteiger partial charge in [-0.3, -0.25) is 0 Å². The molecule has 6 heterocycles. The summed E-state index contributed by atoms with van der Waals surface area (Å²) in [6, 6.07) is 34.5. The van der Waals surface area contributed by atoms with Crippen LogP contribution in [0.3, 0.4) is 0 Å². The smallest absolute Gasteiger partial charge is 0.870 e. The van der Waals surface area contributed by atoms with Crippen molar-refractivity contribution in [3.05, 3.63) is 153 Å². The quantitative estimate of drug-likeness (QED) is 0.0618. The number of nitrogens with one attached hydrogen (secondary N) is 1. The first kappa shape index (κ1) is 46.0. The van der Waals surface area contributed by atoms with E-state index >= 15 is 0 Å². The van der Waals surface area contributed by atoms with Crippen LogP contribution in [0.25, 0.3) is 66.6 Å². The third kappa shape index (κ3) is 10.3. The topological polar surface area (TPSA) is 128 Å². The fraction of sp³-hybridized carbons (Fsp3) is 0.130. The molecule has 0 bridgehead atoms. The van der Waals surface area contributed by atoms with E-state index in [4.69, 9.17) is 23.0 Å². The molecule has 298 valence electrons. The average molecular weight is 819 g/mol. The van der Waals surface area contributed by atoms with Gasteiger partial charge in [-0.05, 0) is 71.8 Å². The van der Waals surface area contributed by atoms with Crippen LogP contribution in [0.15, 0.2) is 162 Å². The van der Waals surface area contributed by atoms with E-state index in [0.29, 0.717) is 5.75 Å². The van der Waals surface area contributed by atoms with E-state index in [1.165, 1.54) is 5.69 Å². The fourth-order valence-electron chi connectivity index (χ4n) is 6.23. The van der Waals surface area contributed by atoms with E-state index in [1.807, 2.05) is 99.4 Å². The molecule has 0 saturated carbocycles. The number of hydrogen-bond acceptors (Lipinski definition) is 10. The second kappa shape index (κ2) is 20.8. The molecule has 0 aliphatic heterocycles. The number of furan rings is 2. The summed E-state index contributed by atoms with van der Waals surface area (Å²) in [6.45, 7) is 0. The Labute approximate surface area is 371 Å². The Hall–Kier alpha value is -5.73. The van der Waals surface area contributed by atoms with Crippen molar-refractivity contribution >= 4 is 45.7 Å². The molecule has 0 radical (unpaired) electrons. The standard InChI is InChI=1S/C25H21N3O3S.C19H17N3O.2CH4.Na.H2O/c1-27(2)21-10-8-18(9-11-21)20-14-23-24(19-12-13-29-17-19)16-28(25(23)26-15-20)32-31-30-22-6-4-3-5-7-22;1-22(2)16-5-3-13(4-6-16)15-9-17-18(14-7-8-23-12-14)11-21-19(17)20-10-15;;;;/h3-17H,1-2H3;3-12H,1-2H3,(H,20,21);2*1H4;;1H2/q;;;;+1;/p-1. The third-order valence-corrected chi connectivity index (χ3v) is 9.79. The van der Waals surface area contributed by atoms with Crippen LogP contribution < -0.4 is 44.2 Å². The van der Waals surface area contributed by atoms with E-state index in [0.717, 1.165) is 84.5 Å². The van der Waals surface area contributed by atoms with Crippen molar-refractivity contribution < 1.29 is 53.1 Å². The molecule has 9 aromatic rings. The zero-order valence-electron chi connectivity index (χ0n) is 32.2. The molecule has 0 atom stereocenters. The molecule has 0 saturated heterocycles. The molecule has 0 aliphatic carbocycles. The van der Waals surface area contributed by atoms with Gasteiger partial charge in [-0.25, -0.2) is 13.9 Å². The van der Waals surface area contributed by atoms with Crippen LogP contribution in [0.2, 0.25) is 0 Å². The summed E-state index contributed by atoms with van der Waals surface area (Å²) >= 11 is 1.07. The number of para-hydroxylation sites is 1. The third-order valence-electron chi connectivity index (χ3n) is 9.23. The molecule has 9 rings (SSSR count). The Bertz CT molecular complexity index is 2630. The minimum Gasteiger partial charge on any atom is -0.870 e. The Kier molecular flexibility index (Phi) is 16.2. The summed E-state index contributed by atoms with van der Waals surface area (Å²) in [4.78, 5) is 22.1. The van der Waals surface area contributed by atoms with Gasteiger partial charge in [-0.2, -0.15) is 0 Å². The number of anilines is 2. The van der Waals surface area contributed by atoms with Crippen LogP contribution in [-0.2, 0) is 4.33 Å². The number of H-pyrrole nitrogens is 1.